The first-order valence-corrected chi connectivity index (χ1v) is 7.14. The number of amides is 2. The normalized spacial score (nSPS) is 18.8. The van der Waals surface area contributed by atoms with Crippen LogP contribution in [0.2, 0.25) is 0 Å². The van der Waals surface area contributed by atoms with Gasteiger partial charge in [-0.25, -0.2) is 0 Å². The monoisotopic (exact) mass is 285 g/mol. The van der Waals surface area contributed by atoms with Gasteiger partial charge in [-0.1, -0.05) is 19.1 Å². The summed E-state index contributed by atoms with van der Waals surface area (Å²) in [7, 11) is 0. The average Bonchev–Trinajstić information content (AvgIpc) is 2.49. The van der Waals surface area contributed by atoms with Crippen molar-refractivity contribution in [3.05, 3.63) is 35.4 Å². The van der Waals surface area contributed by atoms with Crippen LogP contribution in [0.25, 0.3) is 0 Å². The zero-order chi connectivity index (χ0) is 15.4. The molecule has 5 nitrogen and oxygen atoms in total. The Kier molecular flexibility index (Phi) is 4.59. The van der Waals surface area contributed by atoms with Crippen LogP contribution in [-0.4, -0.2) is 40.7 Å². The molecule has 1 aliphatic rings. The predicted octanol–water partition coefficient (Wildman–Crippen LogP) is 1.53. The van der Waals surface area contributed by atoms with Gasteiger partial charge in [-0.3, -0.25) is 9.59 Å². The molecule has 1 atom stereocenters. The highest BCUT2D eigenvalue weighted by molar-refractivity contribution is 5.94. The second-order valence-electron chi connectivity index (χ2n) is 5.27. The number of carbonyl (C=O) groups is 2. The minimum atomic E-state index is -0.455. The van der Waals surface area contributed by atoms with Crippen molar-refractivity contribution in [1.82, 2.24) is 9.80 Å². The van der Waals surface area contributed by atoms with E-state index in [2.05, 4.69) is 6.07 Å². The van der Waals surface area contributed by atoms with Gasteiger partial charge in [0.25, 0.3) is 0 Å². The second kappa shape index (κ2) is 6.40. The Morgan fingerprint density at radius 3 is 2.81 bits per heavy atom. The molecule has 1 fully saturated rings. The maximum Gasteiger partial charge on any atom is 0.245 e. The molecule has 2 amide bonds. The lowest BCUT2D eigenvalue weighted by Crippen LogP contribution is -2.58. The first kappa shape index (κ1) is 15.0. The Bertz CT molecular complexity index is 591. The minimum absolute atomic E-state index is 0.00659. The van der Waals surface area contributed by atoms with E-state index >= 15 is 0 Å². The van der Waals surface area contributed by atoms with E-state index < -0.39 is 6.04 Å². The molecule has 2 rings (SSSR count). The molecule has 1 aliphatic heterocycles. The van der Waals surface area contributed by atoms with Crippen LogP contribution < -0.4 is 0 Å². The first-order valence-electron chi connectivity index (χ1n) is 7.14. The molecule has 0 N–H and O–H groups in total. The Morgan fingerprint density at radius 1 is 1.38 bits per heavy atom. The molecule has 0 aromatic heterocycles. The Balaban J connectivity index is 2.15. The third kappa shape index (κ3) is 3.22. The van der Waals surface area contributed by atoms with E-state index in [4.69, 9.17) is 5.26 Å². The van der Waals surface area contributed by atoms with Gasteiger partial charge in [0.05, 0.1) is 18.2 Å². The summed E-state index contributed by atoms with van der Waals surface area (Å²) in [5.41, 5.74) is 1.43. The zero-order valence-electron chi connectivity index (χ0n) is 12.4. The van der Waals surface area contributed by atoms with Gasteiger partial charge in [-0.05, 0) is 31.0 Å². The van der Waals surface area contributed by atoms with Crippen LogP contribution in [0, 0.1) is 11.3 Å². The molecular weight excluding hydrogens is 266 g/mol. The lowest BCUT2D eigenvalue weighted by atomic mass is 10.1. The molecule has 0 spiro atoms. The summed E-state index contributed by atoms with van der Waals surface area (Å²) in [6.45, 7) is 4.88. The average molecular weight is 285 g/mol. The van der Waals surface area contributed by atoms with Gasteiger partial charge in [0.1, 0.15) is 6.04 Å². The number of carbonyl (C=O) groups excluding carboxylic acids is 2. The quantitative estimate of drug-likeness (QED) is 0.842. The summed E-state index contributed by atoms with van der Waals surface area (Å²) in [6, 6.07) is 8.75. The van der Waals surface area contributed by atoms with Crippen molar-refractivity contribution in [2.24, 2.45) is 0 Å². The molecule has 1 saturated heterocycles. The first-order chi connectivity index (χ1) is 10.1. The van der Waals surface area contributed by atoms with Crippen LogP contribution in [0.15, 0.2) is 24.3 Å². The van der Waals surface area contributed by atoms with Crippen molar-refractivity contribution in [1.29, 1.82) is 5.26 Å². The van der Waals surface area contributed by atoms with Gasteiger partial charge in [0, 0.05) is 13.1 Å². The van der Waals surface area contributed by atoms with E-state index in [1.54, 1.807) is 34.9 Å². The molecule has 110 valence electrons. The van der Waals surface area contributed by atoms with Crippen molar-refractivity contribution < 1.29 is 9.59 Å². The fourth-order valence-corrected chi connectivity index (χ4v) is 2.57. The number of nitriles is 1. The van der Waals surface area contributed by atoms with Gasteiger partial charge in [0.2, 0.25) is 11.8 Å². The van der Waals surface area contributed by atoms with Gasteiger partial charge in [-0.15, -0.1) is 0 Å². The van der Waals surface area contributed by atoms with Crippen molar-refractivity contribution in [3.8, 4) is 6.07 Å². The van der Waals surface area contributed by atoms with Crippen LogP contribution in [0.3, 0.4) is 0 Å². The fraction of sp³-hybridized carbons (Fsp3) is 0.438. The topological polar surface area (TPSA) is 64.4 Å². The number of piperazine rings is 1. The van der Waals surface area contributed by atoms with E-state index in [1.807, 2.05) is 13.0 Å². The molecular formula is C16H19N3O2. The molecule has 21 heavy (non-hydrogen) atoms. The van der Waals surface area contributed by atoms with E-state index in [1.165, 1.54) is 0 Å². The van der Waals surface area contributed by atoms with Crippen LogP contribution in [-0.2, 0) is 16.1 Å². The Labute approximate surface area is 124 Å². The predicted molar refractivity (Wildman–Crippen MR) is 78.0 cm³/mol. The summed E-state index contributed by atoms with van der Waals surface area (Å²) < 4.78 is 0. The number of benzene rings is 1. The largest absolute Gasteiger partial charge is 0.332 e. The fourth-order valence-electron chi connectivity index (χ4n) is 2.57. The molecule has 0 unspecified atom stereocenters. The molecule has 1 heterocycles. The van der Waals surface area contributed by atoms with Crippen molar-refractivity contribution in [2.45, 2.75) is 32.9 Å². The van der Waals surface area contributed by atoms with Crippen LogP contribution in [0.5, 0.6) is 0 Å². The summed E-state index contributed by atoms with van der Waals surface area (Å²) >= 11 is 0. The van der Waals surface area contributed by atoms with Crippen molar-refractivity contribution in [3.63, 3.8) is 0 Å². The SMILES string of the molecule is CCCN1CC(=O)N(Cc2cccc(C#N)c2)[C@@H](C)C1=O. The third-order valence-electron chi connectivity index (χ3n) is 3.69. The number of rotatable bonds is 4. The van der Waals surface area contributed by atoms with Crippen molar-refractivity contribution in [2.75, 3.05) is 13.1 Å². The molecule has 0 aliphatic carbocycles. The summed E-state index contributed by atoms with van der Waals surface area (Å²) in [4.78, 5) is 27.7. The highest BCUT2D eigenvalue weighted by Crippen LogP contribution is 2.17. The Hall–Kier alpha value is -2.35. The molecule has 1 aromatic rings. The van der Waals surface area contributed by atoms with Crippen molar-refractivity contribution >= 4 is 11.8 Å². The molecule has 0 radical (unpaired) electrons. The molecule has 1 aromatic carbocycles. The number of nitrogens with zero attached hydrogens (tertiary/aromatic N) is 3. The molecule has 0 bridgehead atoms. The summed E-state index contributed by atoms with van der Waals surface area (Å²) in [6.07, 6.45) is 0.843. The highest BCUT2D eigenvalue weighted by atomic mass is 16.2. The van der Waals surface area contributed by atoms with E-state index in [9.17, 15) is 9.59 Å². The maximum atomic E-state index is 12.3. The van der Waals surface area contributed by atoms with Crippen LogP contribution in [0.4, 0.5) is 0 Å². The standard InChI is InChI=1S/C16H19N3O2/c1-3-7-18-11-15(20)19(12(2)16(18)21)10-14-6-4-5-13(8-14)9-17/h4-6,8,12H,3,7,10-11H2,1-2H3/t12-/m0/s1. The van der Waals surface area contributed by atoms with Gasteiger partial charge < -0.3 is 9.80 Å². The highest BCUT2D eigenvalue weighted by Gasteiger charge is 2.35. The molecule has 5 heteroatoms. The van der Waals surface area contributed by atoms with Crippen LogP contribution >= 0.6 is 0 Å². The smallest absolute Gasteiger partial charge is 0.245 e. The summed E-state index contributed by atoms with van der Waals surface area (Å²) in [5.74, 6) is -0.0502. The molecule has 0 saturated carbocycles. The lowest BCUT2D eigenvalue weighted by molar-refractivity contribution is -0.155. The number of hydrogen-bond acceptors (Lipinski definition) is 3. The maximum absolute atomic E-state index is 12.3. The minimum Gasteiger partial charge on any atom is -0.332 e. The number of hydrogen-bond donors (Lipinski definition) is 0. The summed E-state index contributed by atoms with van der Waals surface area (Å²) in [5, 5.41) is 8.92. The van der Waals surface area contributed by atoms with E-state index in [0.29, 0.717) is 18.7 Å². The van der Waals surface area contributed by atoms with E-state index in [-0.39, 0.29) is 18.4 Å². The van der Waals surface area contributed by atoms with Gasteiger partial charge in [-0.2, -0.15) is 5.26 Å². The second-order valence-corrected chi connectivity index (χ2v) is 5.27. The Morgan fingerprint density at radius 2 is 2.14 bits per heavy atom. The zero-order valence-corrected chi connectivity index (χ0v) is 12.4. The van der Waals surface area contributed by atoms with Crippen LogP contribution in [0.1, 0.15) is 31.4 Å². The van der Waals surface area contributed by atoms with Gasteiger partial charge in [0.15, 0.2) is 0 Å². The van der Waals surface area contributed by atoms with Gasteiger partial charge >= 0.3 is 0 Å². The lowest BCUT2D eigenvalue weighted by Gasteiger charge is -2.38. The van der Waals surface area contributed by atoms with E-state index in [0.717, 1.165) is 12.0 Å². The third-order valence-corrected chi connectivity index (χ3v) is 3.69.